The molecule has 0 aliphatic heterocycles. The van der Waals surface area contributed by atoms with E-state index in [2.05, 4.69) is 30.7 Å². The average Bonchev–Trinajstić information content (AvgIpc) is 3.13. The molecule has 51 heavy (non-hydrogen) atoms. The minimum Gasteiger partial charge on any atom is -0.490 e. The second-order valence-electron chi connectivity index (χ2n) is 13.7. The van der Waals surface area contributed by atoms with E-state index in [1.54, 1.807) is 6.07 Å². The van der Waals surface area contributed by atoms with E-state index in [0.717, 1.165) is 42.0 Å². The van der Waals surface area contributed by atoms with E-state index in [-0.39, 0.29) is 28.0 Å². The summed E-state index contributed by atoms with van der Waals surface area (Å²) in [6.07, 6.45) is 18.4. The number of rotatable bonds is 23. The van der Waals surface area contributed by atoms with E-state index in [0.29, 0.717) is 36.7 Å². The summed E-state index contributed by atoms with van der Waals surface area (Å²) in [6.45, 7) is 7.12. The van der Waals surface area contributed by atoms with Crippen LogP contribution in [0, 0.1) is 5.92 Å². The maximum atomic E-state index is 13.2. The molecule has 0 fully saturated rings. The van der Waals surface area contributed by atoms with Crippen molar-refractivity contribution < 1.29 is 27.5 Å². The van der Waals surface area contributed by atoms with Crippen LogP contribution in [0.3, 0.4) is 0 Å². The molecule has 0 amide bonds. The summed E-state index contributed by atoms with van der Waals surface area (Å²) in [5.41, 5.74) is 1.62. The lowest BCUT2D eigenvalue weighted by Gasteiger charge is -2.09. The van der Waals surface area contributed by atoms with Gasteiger partial charge in [0.1, 0.15) is 11.5 Å². The highest BCUT2D eigenvalue weighted by molar-refractivity contribution is 7.90. The molecule has 9 heteroatoms. The number of carbonyl (C=O) groups is 2. The molecule has 1 heterocycles. The van der Waals surface area contributed by atoms with Gasteiger partial charge in [0.2, 0.25) is 5.82 Å². The highest BCUT2D eigenvalue weighted by Gasteiger charge is 2.18. The Kier molecular flexibility index (Phi) is 16.1. The van der Waals surface area contributed by atoms with Crippen LogP contribution in [0.15, 0.2) is 78.0 Å². The lowest BCUT2D eigenvalue weighted by Crippen LogP contribution is -2.13. The van der Waals surface area contributed by atoms with Crippen molar-refractivity contribution in [2.45, 2.75) is 121 Å². The maximum Gasteiger partial charge on any atom is 0.381 e. The number of aromatic nitrogens is 2. The van der Waals surface area contributed by atoms with Crippen molar-refractivity contribution in [3.8, 4) is 11.5 Å². The van der Waals surface area contributed by atoms with Gasteiger partial charge in [-0.25, -0.2) is 23.2 Å². The number of hydrogen-bond acceptors (Lipinski definition) is 8. The summed E-state index contributed by atoms with van der Waals surface area (Å²) >= 11 is 0. The van der Waals surface area contributed by atoms with Gasteiger partial charge in [0, 0.05) is 12.8 Å². The van der Waals surface area contributed by atoms with Gasteiger partial charge in [-0.15, -0.1) is 0 Å². The van der Waals surface area contributed by atoms with Crippen LogP contribution in [0.1, 0.15) is 126 Å². The highest BCUT2D eigenvalue weighted by Crippen LogP contribution is 2.24. The molecule has 1 aromatic heterocycles. The molecule has 4 rings (SSSR count). The van der Waals surface area contributed by atoms with E-state index >= 15 is 0 Å². The molecule has 0 aliphatic rings. The molecule has 0 saturated carbocycles. The number of unbranched alkanes of at least 4 members (excludes halogenated alkanes) is 9. The normalized spacial score (nSPS) is 12.1. The number of sulfone groups is 1. The fraction of sp³-hybridized carbons (Fsp3) is 0.476. The molecule has 8 nitrogen and oxygen atoms in total. The SMILES string of the molecule is CCCCCCCCCCCCOc1cnc(C(=O)Oc2ccc(S(=O)(=O)Cc3ccc4cc(CC(=O)CCC(C)CC)ccc4c3)cc2)nc1. The summed E-state index contributed by atoms with van der Waals surface area (Å²) in [5.74, 6) is 0.413. The van der Waals surface area contributed by atoms with Crippen molar-refractivity contribution in [1.82, 2.24) is 9.97 Å². The fourth-order valence-electron chi connectivity index (χ4n) is 5.92. The molecule has 0 spiro atoms. The number of benzene rings is 3. The van der Waals surface area contributed by atoms with Crippen LogP contribution in [-0.2, 0) is 26.8 Å². The second-order valence-corrected chi connectivity index (χ2v) is 15.7. The first-order chi connectivity index (χ1) is 24.7. The summed E-state index contributed by atoms with van der Waals surface area (Å²) < 4.78 is 37.6. The summed E-state index contributed by atoms with van der Waals surface area (Å²) in [4.78, 5) is 33.4. The van der Waals surface area contributed by atoms with Crippen molar-refractivity contribution in [3.63, 3.8) is 0 Å². The zero-order chi connectivity index (χ0) is 36.5. The molecule has 274 valence electrons. The Labute approximate surface area is 304 Å². The predicted molar refractivity (Wildman–Crippen MR) is 203 cm³/mol. The van der Waals surface area contributed by atoms with Crippen LogP contribution in [0.25, 0.3) is 10.8 Å². The lowest BCUT2D eigenvalue weighted by atomic mass is 9.97. The minimum atomic E-state index is -3.67. The number of nitrogens with zero attached hydrogens (tertiary/aromatic N) is 2. The van der Waals surface area contributed by atoms with Crippen LogP contribution in [0.2, 0.25) is 0 Å². The number of carbonyl (C=O) groups excluding carboxylic acids is 2. The van der Waals surface area contributed by atoms with Crippen LogP contribution in [0.4, 0.5) is 0 Å². The van der Waals surface area contributed by atoms with Crippen molar-refractivity contribution in [2.75, 3.05) is 6.61 Å². The largest absolute Gasteiger partial charge is 0.490 e. The van der Waals surface area contributed by atoms with Gasteiger partial charge in [0.05, 0.1) is 29.6 Å². The van der Waals surface area contributed by atoms with Crippen molar-refractivity contribution in [1.29, 1.82) is 0 Å². The molecule has 1 atom stereocenters. The van der Waals surface area contributed by atoms with Gasteiger partial charge in [0.25, 0.3) is 0 Å². The van der Waals surface area contributed by atoms with Gasteiger partial charge in [-0.2, -0.15) is 0 Å². The number of ketones is 1. The summed E-state index contributed by atoms with van der Waals surface area (Å²) in [6, 6.07) is 17.2. The van der Waals surface area contributed by atoms with Gasteiger partial charge in [-0.3, -0.25) is 4.79 Å². The van der Waals surface area contributed by atoms with Crippen LogP contribution in [0.5, 0.6) is 11.5 Å². The molecule has 1 unspecified atom stereocenters. The molecule has 0 bridgehead atoms. The molecular formula is C42H54N2O6S. The molecule has 0 aliphatic carbocycles. The van der Waals surface area contributed by atoms with E-state index in [1.807, 2.05) is 30.3 Å². The van der Waals surface area contributed by atoms with Gasteiger partial charge in [-0.05, 0) is 64.9 Å². The zero-order valence-corrected chi connectivity index (χ0v) is 31.4. The average molecular weight is 715 g/mol. The summed E-state index contributed by atoms with van der Waals surface area (Å²) in [5, 5.41) is 1.88. The molecule has 0 radical (unpaired) electrons. The third kappa shape index (κ3) is 13.5. The van der Waals surface area contributed by atoms with Gasteiger partial charge in [0.15, 0.2) is 15.6 Å². The standard InChI is InChI=1S/C42H54N2O6S/c1-4-6-7-8-9-10-11-12-13-14-25-49-39-29-43-41(44-30-39)42(46)50-38-21-23-40(24-22-38)51(47,48)31-34-17-19-35-26-33(16-18-36(35)27-34)28-37(45)20-15-32(3)5-2/h16-19,21-24,26-27,29-30,32H,4-15,20,25,28,31H2,1-3H3. The van der Waals surface area contributed by atoms with Gasteiger partial charge < -0.3 is 9.47 Å². The molecule has 0 saturated heterocycles. The van der Waals surface area contributed by atoms with Crippen molar-refractivity contribution in [2.24, 2.45) is 5.92 Å². The number of esters is 1. The van der Waals surface area contributed by atoms with E-state index < -0.39 is 15.8 Å². The Morgan fingerprint density at radius 3 is 1.94 bits per heavy atom. The number of Topliss-reactive ketones (excluding diaryl/α,β-unsaturated/α-hetero) is 1. The van der Waals surface area contributed by atoms with Crippen molar-refractivity contribution >= 4 is 32.4 Å². The topological polar surface area (TPSA) is 113 Å². The molecule has 3 aromatic carbocycles. The quantitative estimate of drug-likeness (QED) is 0.0424. The lowest BCUT2D eigenvalue weighted by molar-refractivity contribution is -0.118. The Morgan fingerprint density at radius 2 is 1.31 bits per heavy atom. The Hall–Kier alpha value is -4.11. The summed E-state index contributed by atoms with van der Waals surface area (Å²) in [7, 11) is -3.67. The third-order valence-electron chi connectivity index (χ3n) is 9.31. The Balaban J connectivity index is 1.21. The fourth-order valence-corrected chi connectivity index (χ4v) is 7.25. The predicted octanol–water partition coefficient (Wildman–Crippen LogP) is 10.1. The number of hydrogen-bond donors (Lipinski definition) is 0. The number of ether oxygens (including phenoxy) is 2. The Morgan fingerprint density at radius 1 is 0.725 bits per heavy atom. The van der Waals surface area contributed by atoms with E-state index in [9.17, 15) is 18.0 Å². The third-order valence-corrected chi connectivity index (χ3v) is 11.0. The number of fused-ring (bicyclic) bond motifs is 1. The zero-order valence-electron chi connectivity index (χ0n) is 30.6. The molecular weight excluding hydrogens is 661 g/mol. The van der Waals surface area contributed by atoms with Crippen molar-refractivity contribution in [3.05, 3.63) is 90.0 Å². The minimum absolute atomic E-state index is 0.116. The van der Waals surface area contributed by atoms with Gasteiger partial charge >= 0.3 is 5.97 Å². The van der Waals surface area contributed by atoms with Crippen LogP contribution >= 0.6 is 0 Å². The monoisotopic (exact) mass is 714 g/mol. The first-order valence-electron chi connectivity index (χ1n) is 18.7. The van der Waals surface area contributed by atoms with E-state index in [4.69, 9.17) is 9.47 Å². The smallest absolute Gasteiger partial charge is 0.381 e. The highest BCUT2D eigenvalue weighted by atomic mass is 32.2. The van der Waals surface area contributed by atoms with E-state index in [1.165, 1.54) is 88.0 Å². The van der Waals surface area contributed by atoms with Crippen LogP contribution < -0.4 is 9.47 Å². The van der Waals surface area contributed by atoms with Gasteiger partial charge in [-0.1, -0.05) is 121 Å². The maximum absolute atomic E-state index is 13.2. The van der Waals surface area contributed by atoms with Crippen LogP contribution in [-0.4, -0.2) is 36.7 Å². The molecule has 0 N–H and O–H groups in total. The first-order valence-corrected chi connectivity index (χ1v) is 20.3. The Bertz CT molecular complexity index is 1790. The molecule has 4 aromatic rings. The first kappa shape index (κ1) is 39.7. The second kappa shape index (κ2) is 20.7.